The highest BCUT2D eigenvalue weighted by molar-refractivity contribution is 9.10. The van der Waals surface area contributed by atoms with Crippen molar-refractivity contribution in [2.75, 3.05) is 19.0 Å². The summed E-state index contributed by atoms with van der Waals surface area (Å²) < 4.78 is 5.51. The molecule has 0 aliphatic rings. The molecule has 1 rings (SSSR count). The zero-order chi connectivity index (χ0) is 11.5. The molecule has 0 radical (unpaired) electrons. The van der Waals surface area contributed by atoms with Crippen LogP contribution < -0.4 is 10.9 Å². The van der Waals surface area contributed by atoms with Crippen LogP contribution in [-0.4, -0.2) is 29.5 Å². The Hall–Kier alpha value is -0.880. The normalized spacial score (nSPS) is 11.5. The first kappa shape index (κ1) is 12.2. The third-order valence-corrected chi connectivity index (χ3v) is 2.56. The number of aromatic amines is 1. The minimum Gasteiger partial charge on any atom is -0.382 e. The predicted octanol–water partition coefficient (Wildman–Crippen LogP) is 1.37. The van der Waals surface area contributed by atoms with Crippen LogP contribution >= 0.6 is 15.9 Å². The number of nitrogens with zero attached hydrogens (tertiary/aromatic N) is 1. The van der Waals surface area contributed by atoms with Crippen LogP contribution in [0, 0.1) is 0 Å². The lowest BCUT2D eigenvalue weighted by Gasteiger charge is -2.26. The molecule has 0 saturated carbocycles. The lowest BCUT2D eigenvalue weighted by atomic mass is 10.1. The SMILES string of the molecule is COCC(C)(C)Nc1cn[nH]c(=O)c1Br. The summed E-state index contributed by atoms with van der Waals surface area (Å²) in [5.74, 6) is 0. The van der Waals surface area contributed by atoms with E-state index in [2.05, 4.69) is 31.4 Å². The average Bonchev–Trinajstić information content (AvgIpc) is 2.12. The lowest BCUT2D eigenvalue weighted by molar-refractivity contribution is 0.158. The van der Waals surface area contributed by atoms with Crippen LogP contribution in [0.4, 0.5) is 5.69 Å². The molecule has 1 aromatic heterocycles. The van der Waals surface area contributed by atoms with Gasteiger partial charge in [-0.25, -0.2) is 5.10 Å². The zero-order valence-electron chi connectivity index (χ0n) is 8.93. The van der Waals surface area contributed by atoms with Crippen molar-refractivity contribution in [1.29, 1.82) is 0 Å². The van der Waals surface area contributed by atoms with E-state index in [4.69, 9.17) is 4.74 Å². The molecule has 1 aromatic rings. The molecule has 0 amide bonds. The van der Waals surface area contributed by atoms with Crippen LogP contribution in [0.1, 0.15) is 13.8 Å². The zero-order valence-corrected chi connectivity index (χ0v) is 10.5. The molecular weight excluding hydrogens is 262 g/mol. The lowest BCUT2D eigenvalue weighted by Crippen LogP contribution is -2.36. The van der Waals surface area contributed by atoms with E-state index in [0.29, 0.717) is 16.8 Å². The number of halogens is 1. The Balaban J connectivity index is 2.90. The number of rotatable bonds is 4. The Morgan fingerprint density at radius 1 is 1.67 bits per heavy atom. The van der Waals surface area contributed by atoms with Crippen LogP contribution in [0.5, 0.6) is 0 Å². The Bertz CT molecular complexity index is 389. The second kappa shape index (κ2) is 4.76. The average molecular weight is 276 g/mol. The van der Waals surface area contributed by atoms with E-state index >= 15 is 0 Å². The maximum Gasteiger partial charge on any atom is 0.280 e. The fourth-order valence-corrected chi connectivity index (χ4v) is 1.52. The summed E-state index contributed by atoms with van der Waals surface area (Å²) in [4.78, 5) is 11.2. The smallest absolute Gasteiger partial charge is 0.280 e. The number of nitrogens with one attached hydrogen (secondary N) is 2. The second-order valence-electron chi connectivity index (χ2n) is 3.87. The van der Waals surface area contributed by atoms with Gasteiger partial charge in [-0.1, -0.05) is 0 Å². The molecule has 0 bridgehead atoms. The van der Waals surface area contributed by atoms with Gasteiger partial charge in [0.15, 0.2) is 0 Å². The Labute approximate surface area is 96.4 Å². The monoisotopic (exact) mass is 275 g/mol. The molecular formula is C9H14BrN3O2. The maximum atomic E-state index is 11.2. The van der Waals surface area contributed by atoms with Gasteiger partial charge in [0, 0.05) is 7.11 Å². The number of aromatic nitrogens is 2. The van der Waals surface area contributed by atoms with Crippen LogP contribution in [0.2, 0.25) is 0 Å². The molecule has 0 aliphatic carbocycles. The highest BCUT2D eigenvalue weighted by Crippen LogP contribution is 2.20. The number of hydrogen-bond acceptors (Lipinski definition) is 4. The molecule has 6 heteroatoms. The van der Waals surface area contributed by atoms with E-state index in [1.54, 1.807) is 13.3 Å². The molecule has 0 unspecified atom stereocenters. The number of H-pyrrole nitrogens is 1. The molecule has 15 heavy (non-hydrogen) atoms. The molecule has 0 saturated heterocycles. The molecule has 2 N–H and O–H groups in total. The largest absolute Gasteiger partial charge is 0.382 e. The van der Waals surface area contributed by atoms with Gasteiger partial charge in [0.25, 0.3) is 5.56 Å². The van der Waals surface area contributed by atoms with Gasteiger partial charge in [0.1, 0.15) is 4.47 Å². The van der Waals surface area contributed by atoms with Gasteiger partial charge in [-0.2, -0.15) is 5.10 Å². The molecule has 5 nitrogen and oxygen atoms in total. The van der Waals surface area contributed by atoms with E-state index in [1.165, 1.54) is 0 Å². The minimum absolute atomic E-state index is 0.256. The molecule has 1 heterocycles. The Morgan fingerprint density at radius 2 is 2.33 bits per heavy atom. The summed E-state index contributed by atoms with van der Waals surface area (Å²) in [7, 11) is 1.63. The fraction of sp³-hybridized carbons (Fsp3) is 0.556. The second-order valence-corrected chi connectivity index (χ2v) is 4.66. The minimum atomic E-state index is -0.257. The van der Waals surface area contributed by atoms with Crippen molar-refractivity contribution in [2.24, 2.45) is 0 Å². The topological polar surface area (TPSA) is 67.0 Å². The molecule has 0 aromatic carbocycles. The van der Waals surface area contributed by atoms with Gasteiger partial charge in [0.2, 0.25) is 0 Å². The first-order valence-corrected chi connectivity index (χ1v) is 5.26. The molecule has 0 spiro atoms. The van der Waals surface area contributed by atoms with Gasteiger partial charge < -0.3 is 10.1 Å². The van der Waals surface area contributed by atoms with Crippen molar-refractivity contribution in [3.05, 3.63) is 21.0 Å². The van der Waals surface area contributed by atoms with Crippen LogP contribution in [0.25, 0.3) is 0 Å². The van der Waals surface area contributed by atoms with Crippen molar-refractivity contribution in [3.63, 3.8) is 0 Å². The standard InChI is InChI=1S/C9H14BrN3O2/c1-9(2,5-15-3)12-6-4-11-13-8(14)7(6)10/h4H,5H2,1-3H3,(H2,12,13,14). The van der Waals surface area contributed by atoms with E-state index in [9.17, 15) is 4.79 Å². The van der Waals surface area contributed by atoms with Gasteiger partial charge in [-0.05, 0) is 29.8 Å². The van der Waals surface area contributed by atoms with Crippen LogP contribution in [0.15, 0.2) is 15.5 Å². The highest BCUT2D eigenvalue weighted by atomic mass is 79.9. The Kier molecular flexibility index (Phi) is 3.87. The van der Waals surface area contributed by atoms with Crippen LogP contribution in [-0.2, 0) is 4.74 Å². The third-order valence-electron chi connectivity index (χ3n) is 1.77. The summed E-state index contributed by atoms with van der Waals surface area (Å²) in [5.41, 5.74) is 0.140. The van der Waals surface area contributed by atoms with Crippen LogP contribution in [0.3, 0.4) is 0 Å². The van der Waals surface area contributed by atoms with Crippen molar-refractivity contribution >= 4 is 21.6 Å². The molecule has 0 aliphatic heterocycles. The van der Waals surface area contributed by atoms with E-state index in [-0.39, 0.29) is 11.1 Å². The summed E-state index contributed by atoms with van der Waals surface area (Å²) in [5, 5.41) is 9.23. The van der Waals surface area contributed by atoms with E-state index in [1.807, 2.05) is 13.8 Å². The molecule has 0 fully saturated rings. The predicted molar refractivity (Wildman–Crippen MR) is 62.1 cm³/mol. The number of methoxy groups -OCH3 is 1. The van der Waals surface area contributed by atoms with Crippen molar-refractivity contribution in [2.45, 2.75) is 19.4 Å². The van der Waals surface area contributed by atoms with Crippen molar-refractivity contribution in [3.8, 4) is 0 Å². The third kappa shape index (κ3) is 3.32. The van der Waals surface area contributed by atoms with Gasteiger partial charge in [-0.3, -0.25) is 4.79 Å². The fourth-order valence-electron chi connectivity index (χ4n) is 1.23. The first-order chi connectivity index (χ1) is 6.96. The first-order valence-electron chi connectivity index (χ1n) is 4.46. The van der Waals surface area contributed by atoms with Gasteiger partial charge in [-0.15, -0.1) is 0 Å². The molecule has 84 valence electrons. The number of hydrogen-bond donors (Lipinski definition) is 2. The Morgan fingerprint density at radius 3 is 2.93 bits per heavy atom. The summed E-state index contributed by atoms with van der Waals surface area (Å²) in [6.45, 7) is 4.49. The van der Waals surface area contributed by atoms with Gasteiger partial charge in [0.05, 0.1) is 24.0 Å². The highest BCUT2D eigenvalue weighted by Gasteiger charge is 2.19. The van der Waals surface area contributed by atoms with E-state index < -0.39 is 0 Å². The quantitative estimate of drug-likeness (QED) is 0.871. The summed E-state index contributed by atoms with van der Waals surface area (Å²) in [6, 6.07) is 0. The summed E-state index contributed by atoms with van der Waals surface area (Å²) in [6.07, 6.45) is 1.56. The van der Waals surface area contributed by atoms with Crippen molar-refractivity contribution in [1.82, 2.24) is 10.2 Å². The molecule has 0 atom stereocenters. The number of ether oxygens (including phenoxy) is 1. The maximum absolute atomic E-state index is 11.2. The number of anilines is 1. The van der Waals surface area contributed by atoms with Crippen molar-refractivity contribution < 1.29 is 4.74 Å². The van der Waals surface area contributed by atoms with E-state index in [0.717, 1.165) is 0 Å². The summed E-state index contributed by atoms with van der Waals surface area (Å²) >= 11 is 3.20. The van der Waals surface area contributed by atoms with Gasteiger partial charge >= 0.3 is 0 Å².